The van der Waals surface area contributed by atoms with E-state index in [-0.39, 0.29) is 0 Å². The van der Waals surface area contributed by atoms with Crippen LogP contribution >= 0.6 is 0 Å². The van der Waals surface area contributed by atoms with Crippen LogP contribution in [0.3, 0.4) is 0 Å². The first kappa shape index (κ1) is 11.6. The molecule has 3 heteroatoms. The maximum atomic E-state index is 9.61. The van der Waals surface area contributed by atoms with Crippen LogP contribution in [-0.2, 0) is 6.42 Å². The van der Waals surface area contributed by atoms with Gasteiger partial charge in [0.05, 0.1) is 13.2 Å². The average Bonchev–Trinajstić information content (AvgIpc) is 2.17. The Balaban J connectivity index is 2.61. The minimum Gasteiger partial charge on any atom is -0.497 e. The fourth-order valence-electron chi connectivity index (χ4n) is 1.37. The third kappa shape index (κ3) is 4.04. The maximum absolute atomic E-state index is 9.61. The summed E-state index contributed by atoms with van der Waals surface area (Å²) in [7, 11) is 1.63. The van der Waals surface area contributed by atoms with Gasteiger partial charge in [-0.25, -0.2) is 0 Å². The van der Waals surface area contributed by atoms with Gasteiger partial charge in [0.2, 0.25) is 0 Å². The standard InChI is InChI=1S/C12H17NO2/c1-9(13)7-11(14)8-10-3-5-12(15-2)6-4-10/h3-7,11,14H,8,13H2,1-2H3/b9-7+. The molecule has 1 atom stereocenters. The SMILES string of the molecule is COc1ccc(CC(O)/C=C(\C)N)cc1. The van der Waals surface area contributed by atoms with E-state index in [1.165, 1.54) is 0 Å². The summed E-state index contributed by atoms with van der Waals surface area (Å²) < 4.78 is 5.04. The highest BCUT2D eigenvalue weighted by atomic mass is 16.5. The minimum absolute atomic E-state index is 0.525. The number of aliphatic hydroxyl groups excluding tert-OH is 1. The van der Waals surface area contributed by atoms with Crippen LogP contribution < -0.4 is 10.5 Å². The number of hydrogen-bond acceptors (Lipinski definition) is 3. The number of benzene rings is 1. The van der Waals surface area contributed by atoms with Gasteiger partial charge in [0.1, 0.15) is 5.75 Å². The van der Waals surface area contributed by atoms with Gasteiger partial charge in [0.25, 0.3) is 0 Å². The van der Waals surface area contributed by atoms with Crippen LogP contribution in [-0.4, -0.2) is 18.3 Å². The molecule has 0 aliphatic rings. The minimum atomic E-state index is -0.525. The fraction of sp³-hybridized carbons (Fsp3) is 0.333. The molecule has 0 amide bonds. The van der Waals surface area contributed by atoms with Gasteiger partial charge in [-0.15, -0.1) is 0 Å². The average molecular weight is 207 g/mol. The Morgan fingerprint density at radius 1 is 1.47 bits per heavy atom. The summed E-state index contributed by atoms with van der Waals surface area (Å²) in [5.74, 6) is 0.818. The Bertz CT molecular complexity index is 326. The van der Waals surface area contributed by atoms with Gasteiger partial charge in [0.15, 0.2) is 0 Å². The molecule has 1 aromatic rings. The van der Waals surface area contributed by atoms with Crippen molar-refractivity contribution in [3.8, 4) is 5.75 Å². The quantitative estimate of drug-likeness (QED) is 0.786. The molecular weight excluding hydrogens is 190 g/mol. The van der Waals surface area contributed by atoms with Crippen LogP contribution in [0.25, 0.3) is 0 Å². The summed E-state index contributed by atoms with van der Waals surface area (Å²) >= 11 is 0. The zero-order chi connectivity index (χ0) is 11.3. The van der Waals surface area contributed by atoms with E-state index in [2.05, 4.69) is 0 Å². The fourth-order valence-corrected chi connectivity index (χ4v) is 1.37. The van der Waals surface area contributed by atoms with E-state index in [0.717, 1.165) is 11.3 Å². The smallest absolute Gasteiger partial charge is 0.118 e. The molecule has 0 aliphatic heterocycles. The van der Waals surface area contributed by atoms with Gasteiger partial charge < -0.3 is 15.6 Å². The number of nitrogens with two attached hydrogens (primary N) is 1. The van der Waals surface area contributed by atoms with Crippen LogP contribution in [0.2, 0.25) is 0 Å². The lowest BCUT2D eigenvalue weighted by Crippen LogP contribution is -2.09. The molecule has 0 aliphatic carbocycles. The molecule has 3 N–H and O–H groups in total. The molecule has 0 aromatic heterocycles. The van der Waals surface area contributed by atoms with E-state index in [0.29, 0.717) is 12.1 Å². The van der Waals surface area contributed by atoms with E-state index in [4.69, 9.17) is 10.5 Å². The molecule has 1 aromatic carbocycles. The van der Waals surface area contributed by atoms with Crippen LogP contribution in [0.5, 0.6) is 5.75 Å². The molecule has 3 nitrogen and oxygen atoms in total. The molecule has 0 heterocycles. The molecular formula is C12H17NO2. The number of methoxy groups -OCH3 is 1. The predicted molar refractivity (Wildman–Crippen MR) is 60.6 cm³/mol. The lowest BCUT2D eigenvalue weighted by molar-refractivity contribution is 0.223. The zero-order valence-corrected chi connectivity index (χ0v) is 9.10. The second-order valence-electron chi connectivity index (χ2n) is 3.53. The van der Waals surface area contributed by atoms with E-state index in [1.54, 1.807) is 20.1 Å². The molecule has 0 saturated carbocycles. The summed E-state index contributed by atoms with van der Waals surface area (Å²) in [6, 6.07) is 7.62. The van der Waals surface area contributed by atoms with Crippen LogP contribution in [0, 0.1) is 0 Å². The monoisotopic (exact) mass is 207 g/mol. The topological polar surface area (TPSA) is 55.5 Å². The molecule has 82 valence electrons. The molecule has 0 fully saturated rings. The van der Waals surface area contributed by atoms with Gasteiger partial charge in [-0.1, -0.05) is 12.1 Å². The highest BCUT2D eigenvalue weighted by Gasteiger charge is 2.02. The number of ether oxygens (including phenoxy) is 1. The molecule has 1 rings (SSSR count). The summed E-state index contributed by atoms with van der Waals surface area (Å²) in [4.78, 5) is 0. The number of aliphatic hydroxyl groups is 1. The van der Waals surface area contributed by atoms with E-state index >= 15 is 0 Å². The van der Waals surface area contributed by atoms with Crippen molar-refractivity contribution in [2.75, 3.05) is 7.11 Å². The largest absolute Gasteiger partial charge is 0.497 e. The number of allylic oxidation sites excluding steroid dienone is 1. The molecule has 15 heavy (non-hydrogen) atoms. The predicted octanol–water partition coefficient (Wildman–Crippen LogP) is 1.46. The molecule has 0 spiro atoms. The zero-order valence-electron chi connectivity index (χ0n) is 9.10. The third-order valence-corrected chi connectivity index (χ3v) is 2.06. The van der Waals surface area contributed by atoms with Gasteiger partial charge in [-0.2, -0.15) is 0 Å². The first-order valence-electron chi connectivity index (χ1n) is 4.86. The van der Waals surface area contributed by atoms with Crippen LogP contribution in [0.15, 0.2) is 36.0 Å². The van der Waals surface area contributed by atoms with Crippen molar-refractivity contribution in [3.05, 3.63) is 41.6 Å². The molecule has 0 bridgehead atoms. The Hall–Kier alpha value is -1.48. The summed E-state index contributed by atoms with van der Waals surface area (Å²) in [5.41, 5.74) is 7.17. The Morgan fingerprint density at radius 3 is 2.53 bits per heavy atom. The van der Waals surface area contributed by atoms with E-state index in [9.17, 15) is 5.11 Å². The Morgan fingerprint density at radius 2 is 2.07 bits per heavy atom. The van der Waals surface area contributed by atoms with Crippen molar-refractivity contribution in [2.24, 2.45) is 5.73 Å². The Labute approximate surface area is 90.2 Å². The van der Waals surface area contributed by atoms with Gasteiger partial charge in [-0.05, 0) is 30.7 Å². The number of rotatable bonds is 4. The van der Waals surface area contributed by atoms with Crippen molar-refractivity contribution in [1.29, 1.82) is 0 Å². The maximum Gasteiger partial charge on any atom is 0.118 e. The second kappa shape index (κ2) is 5.41. The van der Waals surface area contributed by atoms with Gasteiger partial charge in [-0.3, -0.25) is 0 Å². The summed E-state index contributed by atoms with van der Waals surface area (Å²) in [6.07, 6.45) is 1.69. The van der Waals surface area contributed by atoms with E-state index < -0.39 is 6.10 Å². The van der Waals surface area contributed by atoms with E-state index in [1.807, 2.05) is 24.3 Å². The van der Waals surface area contributed by atoms with Gasteiger partial charge >= 0.3 is 0 Å². The second-order valence-corrected chi connectivity index (χ2v) is 3.53. The van der Waals surface area contributed by atoms with Crippen LogP contribution in [0.1, 0.15) is 12.5 Å². The first-order chi connectivity index (χ1) is 7.11. The summed E-state index contributed by atoms with van der Waals surface area (Å²) in [5, 5.41) is 9.61. The van der Waals surface area contributed by atoms with Gasteiger partial charge in [0, 0.05) is 12.1 Å². The molecule has 0 radical (unpaired) electrons. The van der Waals surface area contributed by atoms with Crippen molar-refractivity contribution >= 4 is 0 Å². The normalized spacial score (nSPS) is 13.7. The lowest BCUT2D eigenvalue weighted by atomic mass is 10.1. The summed E-state index contributed by atoms with van der Waals surface area (Å²) in [6.45, 7) is 1.76. The highest BCUT2D eigenvalue weighted by Crippen LogP contribution is 2.13. The van der Waals surface area contributed by atoms with Crippen molar-refractivity contribution in [1.82, 2.24) is 0 Å². The lowest BCUT2D eigenvalue weighted by Gasteiger charge is -2.07. The molecule has 1 unspecified atom stereocenters. The Kier molecular flexibility index (Phi) is 4.18. The van der Waals surface area contributed by atoms with Crippen molar-refractivity contribution < 1.29 is 9.84 Å². The number of hydrogen-bond donors (Lipinski definition) is 2. The van der Waals surface area contributed by atoms with Crippen molar-refractivity contribution in [3.63, 3.8) is 0 Å². The highest BCUT2D eigenvalue weighted by molar-refractivity contribution is 5.27. The van der Waals surface area contributed by atoms with Crippen molar-refractivity contribution in [2.45, 2.75) is 19.4 Å². The third-order valence-electron chi connectivity index (χ3n) is 2.06. The molecule has 0 saturated heterocycles. The first-order valence-corrected chi connectivity index (χ1v) is 4.86. The van der Waals surface area contributed by atoms with Crippen LogP contribution in [0.4, 0.5) is 0 Å².